The quantitative estimate of drug-likeness (QED) is 0.423. The summed E-state index contributed by atoms with van der Waals surface area (Å²) < 4.78 is 0. The third-order valence-electron chi connectivity index (χ3n) is 2.16. The minimum absolute atomic E-state index is 0. The van der Waals surface area contributed by atoms with Crippen molar-refractivity contribution in [3.05, 3.63) is 27.8 Å². The predicted octanol–water partition coefficient (Wildman–Crippen LogP) is 1.57. The van der Waals surface area contributed by atoms with E-state index in [1.165, 1.54) is 6.07 Å². The van der Waals surface area contributed by atoms with Gasteiger partial charge in [0.15, 0.2) is 0 Å². The van der Waals surface area contributed by atoms with E-state index in [9.17, 15) is 10.1 Å². The van der Waals surface area contributed by atoms with E-state index < -0.39 is 4.92 Å². The Hall–Kier alpha value is -1.49. The van der Waals surface area contributed by atoms with Gasteiger partial charge in [-0.2, -0.15) is 0 Å². The fourth-order valence-electron chi connectivity index (χ4n) is 1.51. The number of nitro groups is 1. The highest BCUT2D eigenvalue weighted by molar-refractivity contribution is 5.85. The third kappa shape index (κ3) is 1.58. The van der Waals surface area contributed by atoms with Crippen LogP contribution in [0.3, 0.4) is 0 Å². The van der Waals surface area contributed by atoms with Gasteiger partial charge in [0.1, 0.15) is 5.69 Å². The van der Waals surface area contributed by atoms with Crippen LogP contribution in [-0.4, -0.2) is 11.5 Å². The van der Waals surface area contributed by atoms with Gasteiger partial charge in [0.2, 0.25) is 0 Å². The zero-order valence-corrected chi connectivity index (χ0v) is 8.13. The minimum atomic E-state index is -0.463. The highest BCUT2D eigenvalue weighted by atomic mass is 35.5. The molecule has 14 heavy (non-hydrogen) atoms. The Bertz CT molecular complexity index is 381. The summed E-state index contributed by atoms with van der Waals surface area (Å²) in [7, 11) is 0. The molecule has 5 nitrogen and oxygen atoms in total. The van der Waals surface area contributed by atoms with Crippen LogP contribution in [0.5, 0.6) is 0 Å². The molecule has 0 bridgehead atoms. The van der Waals surface area contributed by atoms with Crippen LogP contribution in [0.15, 0.2) is 12.1 Å². The van der Waals surface area contributed by atoms with Gasteiger partial charge in [-0.3, -0.25) is 10.1 Å². The molecule has 0 spiro atoms. The lowest BCUT2D eigenvalue weighted by atomic mass is 10.1. The van der Waals surface area contributed by atoms with Gasteiger partial charge in [0.05, 0.1) is 4.92 Å². The van der Waals surface area contributed by atoms with Crippen molar-refractivity contribution < 1.29 is 4.92 Å². The molecule has 3 N–H and O–H groups in total. The Balaban J connectivity index is 0.000000980. The van der Waals surface area contributed by atoms with E-state index in [0.29, 0.717) is 0 Å². The van der Waals surface area contributed by atoms with Crippen LogP contribution in [0, 0.1) is 10.1 Å². The topological polar surface area (TPSA) is 81.2 Å². The molecule has 0 radical (unpaired) electrons. The van der Waals surface area contributed by atoms with Gasteiger partial charge in [0, 0.05) is 18.3 Å². The molecule has 0 unspecified atom stereocenters. The average molecular weight is 216 g/mol. The monoisotopic (exact) mass is 215 g/mol. The summed E-state index contributed by atoms with van der Waals surface area (Å²) in [6.45, 7) is 0.829. The molecule has 1 aliphatic heterocycles. The van der Waals surface area contributed by atoms with Crippen molar-refractivity contribution >= 4 is 29.5 Å². The van der Waals surface area contributed by atoms with Crippen molar-refractivity contribution in [3.63, 3.8) is 0 Å². The Morgan fingerprint density at radius 2 is 2.21 bits per heavy atom. The molecule has 1 heterocycles. The maximum absolute atomic E-state index is 10.5. The molecule has 76 valence electrons. The molecule has 0 fully saturated rings. The van der Waals surface area contributed by atoms with Crippen molar-refractivity contribution in [2.75, 3.05) is 17.6 Å². The summed E-state index contributed by atoms with van der Waals surface area (Å²) in [5, 5.41) is 13.6. The number of rotatable bonds is 1. The number of hydrogen-bond acceptors (Lipinski definition) is 4. The fraction of sp³-hybridized carbons (Fsp3) is 0.250. The van der Waals surface area contributed by atoms with E-state index in [0.717, 1.165) is 24.2 Å². The van der Waals surface area contributed by atoms with Crippen molar-refractivity contribution in [3.8, 4) is 0 Å². The van der Waals surface area contributed by atoms with E-state index in [4.69, 9.17) is 5.73 Å². The molecule has 1 aromatic carbocycles. The maximum Gasteiger partial charge on any atom is 0.294 e. The number of hydrogen-bond donors (Lipinski definition) is 2. The second-order valence-electron chi connectivity index (χ2n) is 3.00. The number of fused-ring (bicyclic) bond motifs is 1. The predicted molar refractivity (Wildman–Crippen MR) is 57.0 cm³/mol. The van der Waals surface area contributed by atoms with Crippen molar-refractivity contribution in [2.24, 2.45) is 0 Å². The van der Waals surface area contributed by atoms with Gasteiger partial charge >= 0.3 is 0 Å². The third-order valence-corrected chi connectivity index (χ3v) is 2.16. The van der Waals surface area contributed by atoms with Crippen LogP contribution in [0.25, 0.3) is 0 Å². The van der Waals surface area contributed by atoms with Crippen molar-refractivity contribution in [1.29, 1.82) is 0 Å². The molecule has 2 rings (SSSR count). The fourth-order valence-corrected chi connectivity index (χ4v) is 1.51. The molecule has 0 aliphatic carbocycles. The summed E-state index contributed by atoms with van der Waals surface area (Å²) in [6, 6.07) is 3.17. The average Bonchev–Trinajstić information content (AvgIpc) is 2.48. The molecule has 0 aromatic heterocycles. The maximum atomic E-state index is 10.5. The van der Waals surface area contributed by atoms with Gasteiger partial charge < -0.3 is 11.1 Å². The van der Waals surface area contributed by atoms with Gasteiger partial charge in [0.25, 0.3) is 5.69 Å². The molecule has 0 atom stereocenters. The first kappa shape index (κ1) is 10.6. The summed E-state index contributed by atoms with van der Waals surface area (Å²) in [5.41, 5.74) is 7.64. The number of nitrogens with one attached hydrogen (secondary N) is 1. The smallest absolute Gasteiger partial charge is 0.294 e. The Kier molecular flexibility index (Phi) is 2.81. The van der Waals surface area contributed by atoms with E-state index in [2.05, 4.69) is 5.32 Å². The number of benzene rings is 1. The molecule has 1 aromatic rings. The number of nitro benzene ring substituents is 1. The molecular weight excluding hydrogens is 206 g/mol. The number of nitrogen functional groups attached to an aromatic ring is 1. The normalized spacial score (nSPS) is 12.6. The van der Waals surface area contributed by atoms with E-state index in [1.807, 2.05) is 0 Å². The molecular formula is C8H10ClN3O2. The van der Waals surface area contributed by atoms with Crippen LogP contribution in [0.4, 0.5) is 17.1 Å². The van der Waals surface area contributed by atoms with Gasteiger partial charge in [-0.05, 0) is 18.1 Å². The van der Waals surface area contributed by atoms with E-state index in [-0.39, 0.29) is 23.8 Å². The number of nitrogens with two attached hydrogens (primary N) is 1. The van der Waals surface area contributed by atoms with Crippen LogP contribution < -0.4 is 11.1 Å². The Morgan fingerprint density at radius 3 is 2.86 bits per heavy atom. The largest absolute Gasteiger partial charge is 0.393 e. The second kappa shape index (κ2) is 3.71. The molecule has 6 heteroatoms. The lowest BCUT2D eigenvalue weighted by Gasteiger charge is -2.01. The van der Waals surface area contributed by atoms with Crippen LogP contribution in [-0.2, 0) is 6.42 Å². The second-order valence-corrected chi connectivity index (χ2v) is 3.00. The molecule has 0 saturated carbocycles. The zero-order valence-electron chi connectivity index (χ0n) is 7.32. The summed E-state index contributed by atoms with van der Waals surface area (Å²) in [6.07, 6.45) is 0.886. The van der Waals surface area contributed by atoms with Crippen molar-refractivity contribution in [2.45, 2.75) is 6.42 Å². The van der Waals surface area contributed by atoms with Crippen LogP contribution in [0.2, 0.25) is 0 Å². The Morgan fingerprint density at radius 1 is 1.50 bits per heavy atom. The highest BCUT2D eigenvalue weighted by Gasteiger charge is 2.18. The lowest BCUT2D eigenvalue weighted by molar-refractivity contribution is -0.383. The SMILES string of the molecule is Cl.Nc1cc2c(cc1[N+](=O)[O-])NCC2. The highest BCUT2D eigenvalue weighted by Crippen LogP contribution is 2.31. The zero-order chi connectivity index (χ0) is 9.42. The summed E-state index contributed by atoms with van der Waals surface area (Å²) in [5.74, 6) is 0. The first-order valence-corrected chi connectivity index (χ1v) is 3.99. The van der Waals surface area contributed by atoms with E-state index in [1.54, 1.807) is 6.07 Å². The first-order chi connectivity index (χ1) is 6.18. The standard InChI is InChI=1S/C8H9N3O2.ClH/c9-6-3-5-1-2-10-7(5)4-8(6)11(12)13;/h3-4,10H,1-2,9H2;1H. The number of halogens is 1. The van der Waals surface area contributed by atoms with Crippen LogP contribution in [0.1, 0.15) is 5.56 Å². The molecule has 0 saturated heterocycles. The number of anilines is 2. The first-order valence-electron chi connectivity index (χ1n) is 3.99. The van der Waals surface area contributed by atoms with Gasteiger partial charge in [-0.15, -0.1) is 12.4 Å². The Labute approximate surface area is 86.9 Å². The lowest BCUT2D eigenvalue weighted by Crippen LogP contribution is -1.97. The minimum Gasteiger partial charge on any atom is -0.393 e. The number of nitrogens with zero attached hydrogens (tertiary/aromatic N) is 1. The van der Waals surface area contributed by atoms with E-state index >= 15 is 0 Å². The van der Waals surface area contributed by atoms with Gasteiger partial charge in [-0.1, -0.05) is 0 Å². The van der Waals surface area contributed by atoms with Crippen LogP contribution >= 0.6 is 12.4 Å². The van der Waals surface area contributed by atoms with Gasteiger partial charge in [-0.25, -0.2) is 0 Å². The summed E-state index contributed by atoms with van der Waals surface area (Å²) in [4.78, 5) is 10.1. The van der Waals surface area contributed by atoms with Crippen molar-refractivity contribution in [1.82, 2.24) is 0 Å². The molecule has 1 aliphatic rings. The summed E-state index contributed by atoms with van der Waals surface area (Å²) >= 11 is 0. The molecule has 0 amide bonds.